The first kappa shape index (κ1) is 23.9. The standard InChI is InChI=1S/C23H19ClF3N7O2/c1-29-14-7-17(31-30-8-14)34-20(35)18(13-2-3-16(25)15(24)6-13)19(33(5-4-28)21(34)36)32-11-22(12-32)9-23(26,27)10-22/h2-3,6-8H,5,9-12H2,1H3,(H,29,31). The molecule has 2 aliphatic rings. The van der Waals surface area contributed by atoms with Crippen LogP contribution in [-0.4, -0.2) is 45.4 Å². The van der Waals surface area contributed by atoms with E-state index in [0.29, 0.717) is 5.69 Å². The van der Waals surface area contributed by atoms with E-state index in [1.165, 1.54) is 24.4 Å². The zero-order valence-corrected chi connectivity index (χ0v) is 19.7. The van der Waals surface area contributed by atoms with Crippen molar-refractivity contribution in [1.29, 1.82) is 5.26 Å². The second-order valence-corrected chi connectivity index (χ2v) is 9.52. The fourth-order valence-corrected chi connectivity index (χ4v) is 5.25. The molecule has 0 unspecified atom stereocenters. The minimum atomic E-state index is -2.74. The van der Waals surface area contributed by atoms with Crippen LogP contribution in [0.2, 0.25) is 5.02 Å². The molecule has 36 heavy (non-hydrogen) atoms. The normalized spacial score (nSPS) is 17.3. The number of alkyl halides is 2. The van der Waals surface area contributed by atoms with E-state index in [1.807, 2.05) is 6.07 Å². The Kier molecular flexibility index (Phi) is 5.55. The molecule has 1 aliphatic carbocycles. The summed E-state index contributed by atoms with van der Waals surface area (Å²) in [6, 6.07) is 7.00. The van der Waals surface area contributed by atoms with Gasteiger partial charge in [-0.1, -0.05) is 17.7 Å². The summed E-state index contributed by atoms with van der Waals surface area (Å²) in [4.78, 5) is 29.0. The average Bonchev–Trinajstić information content (AvgIpc) is 2.79. The van der Waals surface area contributed by atoms with Crippen LogP contribution in [0.25, 0.3) is 16.9 Å². The summed E-state index contributed by atoms with van der Waals surface area (Å²) >= 11 is 6.00. The third-order valence-electron chi connectivity index (χ3n) is 6.53. The topological polar surface area (TPSA) is 109 Å². The first-order chi connectivity index (χ1) is 17.1. The molecule has 1 spiro atoms. The van der Waals surface area contributed by atoms with Crippen LogP contribution in [-0.2, 0) is 6.54 Å². The highest BCUT2D eigenvalue weighted by atomic mass is 35.5. The van der Waals surface area contributed by atoms with Gasteiger partial charge in [0.2, 0.25) is 5.92 Å². The summed E-state index contributed by atoms with van der Waals surface area (Å²) in [5.41, 5.74) is -1.64. The van der Waals surface area contributed by atoms with E-state index in [1.54, 1.807) is 11.9 Å². The minimum Gasteiger partial charge on any atom is -0.387 e. The molecule has 1 aliphatic heterocycles. The summed E-state index contributed by atoms with van der Waals surface area (Å²) in [5.74, 6) is -3.46. The van der Waals surface area contributed by atoms with Crippen LogP contribution in [0.5, 0.6) is 0 Å². The lowest BCUT2D eigenvalue weighted by atomic mass is 9.61. The van der Waals surface area contributed by atoms with Gasteiger partial charge in [-0.3, -0.25) is 9.36 Å². The van der Waals surface area contributed by atoms with Crippen LogP contribution in [0.15, 0.2) is 40.1 Å². The van der Waals surface area contributed by atoms with Crippen molar-refractivity contribution >= 4 is 23.1 Å². The lowest BCUT2D eigenvalue weighted by Crippen LogP contribution is -2.67. The fourth-order valence-electron chi connectivity index (χ4n) is 5.07. The van der Waals surface area contributed by atoms with Crippen molar-refractivity contribution < 1.29 is 13.2 Å². The molecular formula is C23H19ClF3N7O2. The van der Waals surface area contributed by atoms with E-state index >= 15 is 0 Å². The predicted octanol–water partition coefficient (Wildman–Crippen LogP) is 3.05. The highest BCUT2D eigenvalue weighted by molar-refractivity contribution is 6.31. The molecule has 1 N–H and O–H groups in total. The molecule has 2 aromatic heterocycles. The van der Waals surface area contributed by atoms with Crippen LogP contribution >= 0.6 is 11.6 Å². The number of halogens is 4. The van der Waals surface area contributed by atoms with Gasteiger partial charge in [-0.15, -0.1) is 5.10 Å². The number of hydrogen-bond acceptors (Lipinski definition) is 7. The molecule has 3 heterocycles. The average molecular weight is 518 g/mol. The molecule has 1 saturated heterocycles. The van der Waals surface area contributed by atoms with Crippen LogP contribution in [0.3, 0.4) is 0 Å². The third kappa shape index (κ3) is 3.80. The Morgan fingerprint density at radius 3 is 2.56 bits per heavy atom. The van der Waals surface area contributed by atoms with E-state index in [4.69, 9.17) is 11.6 Å². The second-order valence-electron chi connectivity index (χ2n) is 9.11. The molecule has 0 radical (unpaired) electrons. The number of aromatic nitrogens is 4. The Bertz CT molecular complexity index is 1530. The first-order valence-corrected chi connectivity index (χ1v) is 11.3. The van der Waals surface area contributed by atoms with E-state index in [-0.39, 0.29) is 53.7 Å². The van der Waals surface area contributed by atoms with Gasteiger partial charge in [0.1, 0.15) is 18.2 Å². The van der Waals surface area contributed by atoms with Crippen molar-refractivity contribution in [3.8, 4) is 23.0 Å². The zero-order valence-electron chi connectivity index (χ0n) is 18.9. The van der Waals surface area contributed by atoms with Gasteiger partial charge in [0.05, 0.1) is 28.5 Å². The Morgan fingerprint density at radius 2 is 1.94 bits per heavy atom. The lowest BCUT2D eigenvalue weighted by molar-refractivity contribution is -0.170. The van der Waals surface area contributed by atoms with Gasteiger partial charge < -0.3 is 10.2 Å². The summed E-state index contributed by atoms with van der Waals surface area (Å²) in [5, 5.41) is 19.8. The van der Waals surface area contributed by atoms with Gasteiger partial charge in [-0.2, -0.15) is 10.4 Å². The number of benzene rings is 1. The van der Waals surface area contributed by atoms with E-state index in [0.717, 1.165) is 15.2 Å². The Hall–Kier alpha value is -3.85. The third-order valence-corrected chi connectivity index (χ3v) is 6.82. The predicted molar refractivity (Wildman–Crippen MR) is 126 cm³/mol. The number of anilines is 2. The summed E-state index contributed by atoms with van der Waals surface area (Å²) in [7, 11) is 1.62. The van der Waals surface area contributed by atoms with E-state index in [2.05, 4.69) is 15.5 Å². The molecule has 5 rings (SSSR count). The molecular weight excluding hydrogens is 499 g/mol. The SMILES string of the molecule is CNc1cnnc(-n2c(=O)c(-c3ccc(F)c(Cl)c3)c(N3CC4(C3)CC(F)(F)C4)n(CC#N)c2=O)c1. The van der Waals surface area contributed by atoms with Gasteiger partial charge in [0.25, 0.3) is 5.56 Å². The van der Waals surface area contributed by atoms with Gasteiger partial charge >= 0.3 is 5.69 Å². The van der Waals surface area contributed by atoms with Crippen molar-refractivity contribution in [3.63, 3.8) is 0 Å². The highest BCUT2D eigenvalue weighted by Crippen LogP contribution is 2.57. The summed E-state index contributed by atoms with van der Waals surface area (Å²) in [6.07, 6.45) is 0.811. The molecule has 0 amide bonds. The fraction of sp³-hybridized carbons (Fsp3) is 0.348. The van der Waals surface area contributed by atoms with Crippen LogP contribution in [0, 0.1) is 22.6 Å². The Morgan fingerprint density at radius 1 is 1.22 bits per heavy atom. The van der Waals surface area contributed by atoms with Crippen LogP contribution in [0.4, 0.5) is 24.7 Å². The number of nitrogens with zero attached hydrogens (tertiary/aromatic N) is 6. The maximum Gasteiger partial charge on any atom is 0.339 e. The van der Waals surface area contributed by atoms with Crippen molar-refractivity contribution in [1.82, 2.24) is 19.3 Å². The molecule has 2 fully saturated rings. The van der Waals surface area contributed by atoms with Crippen LogP contribution < -0.4 is 21.5 Å². The highest BCUT2D eigenvalue weighted by Gasteiger charge is 2.62. The minimum absolute atomic E-state index is 0.0376. The second kappa shape index (κ2) is 8.37. The smallest absolute Gasteiger partial charge is 0.339 e. The molecule has 0 bridgehead atoms. The van der Waals surface area contributed by atoms with Crippen molar-refractivity contribution in [2.75, 3.05) is 30.4 Å². The van der Waals surface area contributed by atoms with Gasteiger partial charge in [-0.05, 0) is 17.7 Å². The molecule has 3 aromatic rings. The lowest BCUT2D eigenvalue weighted by Gasteiger charge is -2.59. The summed E-state index contributed by atoms with van der Waals surface area (Å²) in [6.45, 7) is -0.0864. The van der Waals surface area contributed by atoms with Gasteiger partial charge in [-0.25, -0.2) is 22.5 Å². The maximum atomic E-state index is 14.0. The maximum absolute atomic E-state index is 14.0. The number of rotatable bonds is 5. The quantitative estimate of drug-likeness (QED) is 0.554. The van der Waals surface area contributed by atoms with E-state index in [9.17, 15) is 28.0 Å². The van der Waals surface area contributed by atoms with Crippen LogP contribution in [0.1, 0.15) is 12.8 Å². The van der Waals surface area contributed by atoms with Crippen molar-refractivity contribution in [3.05, 3.63) is 62.1 Å². The van der Waals surface area contributed by atoms with E-state index < -0.39 is 34.9 Å². The molecule has 186 valence electrons. The van der Waals surface area contributed by atoms with Gasteiger partial charge in [0, 0.05) is 44.5 Å². The first-order valence-electron chi connectivity index (χ1n) is 10.9. The van der Waals surface area contributed by atoms with Crippen molar-refractivity contribution in [2.24, 2.45) is 5.41 Å². The number of hydrogen-bond donors (Lipinski definition) is 1. The molecule has 1 saturated carbocycles. The summed E-state index contributed by atoms with van der Waals surface area (Å²) < 4.78 is 43.0. The Balaban J connectivity index is 1.76. The monoisotopic (exact) mass is 517 g/mol. The number of nitrogens with one attached hydrogen (secondary N) is 1. The molecule has 9 nitrogen and oxygen atoms in total. The zero-order chi connectivity index (χ0) is 25.8. The molecule has 1 aromatic carbocycles. The molecule has 0 atom stereocenters. The van der Waals surface area contributed by atoms with Gasteiger partial charge in [0.15, 0.2) is 5.82 Å². The Labute approximate surface area is 207 Å². The number of nitriles is 1. The molecule has 13 heteroatoms. The largest absolute Gasteiger partial charge is 0.387 e. The van der Waals surface area contributed by atoms with Crippen molar-refractivity contribution in [2.45, 2.75) is 25.3 Å².